The summed E-state index contributed by atoms with van der Waals surface area (Å²) in [5.74, 6) is -0.306. The van der Waals surface area contributed by atoms with Crippen molar-refractivity contribution in [3.8, 4) is 5.75 Å². The van der Waals surface area contributed by atoms with Gasteiger partial charge >= 0.3 is 5.97 Å². The summed E-state index contributed by atoms with van der Waals surface area (Å²) in [5.41, 5.74) is 1.12. The lowest BCUT2D eigenvalue weighted by Crippen LogP contribution is -2.21. The van der Waals surface area contributed by atoms with Gasteiger partial charge in [-0.2, -0.15) is 0 Å². The maximum absolute atomic E-state index is 11.8. The molecule has 0 saturated carbocycles. The highest BCUT2D eigenvalue weighted by molar-refractivity contribution is 6.44. The summed E-state index contributed by atoms with van der Waals surface area (Å²) in [6.07, 6.45) is 0.0647. The molecule has 0 atom stereocenters. The largest absolute Gasteiger partial charge is 0.497 e. The lowest BCUT2D eigenvalue weighted by molar-refractivity contribution is -0.146. The average Bonchev–Trinajstić information content (AvgIpc) is 2.58. The van der Waals surface area contributed by atoms with E-state index in [1.165, 1.54) is 0 Å². The second-order valence-corrected chi connectivity index (χ2v) is 5.62. The van der Waals surface area contributed by atoms with Gasteiger partial charge in [0.25, 0.3) is 5.91 Å². The first kappa shape index (κ1) is 18.1. The van der Waals surface area contributed by atoms with E-state index in [9.17, 15) is 9.59 Å². The van der Waals surface area contributed by atoms with E-state index in [1.807, 2.05) is 0 Å². The first-order valence-corrected chi connectivity index (χ1v) is 7.77. The molecule has 0 aromatic heterocycles. The molecule has 0 aliphatic heterocycles. The lowest BCUT2D eigenvalue weighted by Gasteiger charge is -2.09. The molecule has 0 bridgehead atoms. The number of anilines is 1. The van der Waals surface area contributed by atoms with Crippen LogP contribution in [-0.4, -0.2) is 25.6 Å². The van der Waals surface area contributed by atoms with E-state index in [4.69, 9.17) is 32.7 Å². The van der Waals surface area contributed by atoms with E-state index in [0.717, 1.165) is 5.56 Å². The van der Waals surface area contributed by atoms with Crippen LogP contribution in [0.2, 0.25) is 10.0 Å². The summed E-state index contributed by atoms with van der Waals surface area (Å²) >= 11 is 11.8. The summed E-state index contributed by atoms with van der Waals surface area (Å²) in [6, 6.07) is 11.9. The van der Waals surface area contributed by atoms with Crippen molar-refractivity contribution in [1.82, 2.24) is 0 Å². The van der Waals surface area contributed by atoms with E-state index in [-0.39, 0.29) is 11.4 Å². The normalized spacial score (nSPS) is 10.1. The lowest BCUT2D eigenvalue weighted by atomic mass is 10.1. The van der Waals surface area contributed by atoms with Crippen LogP contribution in [0.25, 0.3) is 0 Å². The van der Waals surface area contributed by atoms with Crippen molar-refractivity contribution < 1.29 is 19.1 Å². The van der Waals surface area contributed by atoms with Crippen LogP contribution in [0.15, 0.2) is 42.5 Å². The van der Waals surface area contributed by atoms with Crippen molar-refractivity contribution in [1.29, 1.82) is 0 Å². The second-order valence-electron chi connectivity index (χ2n) is 4.84. The zero-order chi connectivity index (χ0) is 17.5. The Morgan fingerprint density at radius 1 is 1.08 bits per heavy atom. The Kier molecular flexibility index (Phi) is 6.46. The fourth-order valence-corrected chi connectivity index (χ4v) is 2.24. The highest BCUT2D eigenvalue weighted by Crippen LogP contribution is 2.29. The number of esters is 1. The fourth-order valence-electron chi connectivity index (χ4n) is 1.89. The van der Waals surface area contributed by atoms with Crippen LogP contribution < -0.4 is 10.1 Å². The minimum atomic E-state index is -0.507. The highest BCUT2D eigenvalue weighted by Gasteiger charge is 2.11. The number of methoxy groups -OCH3 is 1. The smallest absolute Gasteiger partial charge is 0.310 e. The third-order valence-corrected chi connectivity index (χ3v) is 3.92. The van der Waals surface area contributed by atoms with Crippen LogP contribution in [0.1, 0.15) is 5.56 Å². The molecule has 1 amide bonds. The summed E-state index contributed by atoms with van der Waals surface area (Å²) in [6.45, 7) is -0.405. The van der Waals surface area contributed by atoms with Gasteiger partial charge in [-0.3, -0.25) is 9.59 Å². The number of amides is 1. The van der Waals surface area contributed by atoms with Crippen molar-refractivity contribution in [2.45, 2.75) is 6.42 Å². The molecule has 0 saturated heterocycles. The molecule has 24 heavy (non-hydrogen) atoms. The van der Waals surface area contributed by atoms with E-state index in [0.29, 0.717) is 16.5 Å². The molecule has 0 unspecified atom stereocenters. The maximum atomic E-state index is 11.8. The molecule has 1 N–H and O–H groups in total. The standard InChI is InChI=1S/C17H15Cl2NO4/c1-23-12-7-5-11(6-8-12)9-16(22)24-10-15(21)20-14-4-2-3-13(18)17(14)19/h2-8H,9-10H2,1H3,(H,20,21). The zero-order valence-electron chi connectivity index (χ0n) is 12.8. The third kappa shape index (κ3) is 5.15. The predicted molar refractivity (Wildman–Crippen MR) is 92.7 cm³/mol. The van der Waals surface area contributed by atoms with Crippen LogP contribution in [0.3, 0.4) is 0 Å². The fraction of sp³-hybridized carbons (Fsp3) is 0.176. The minimum Gasteiger partial charge on any atom is -0.497 e. The first-order valence-electron chi connectivity index (χ1n) is 7.02. The third-order valence-electron chi connectivity index (χ3n) is 3.10. The summed E-state index contributed by atoms with van der Waals surface area (Å²) in [5, 5.41) is 3.09. The molecule has 2 aromatic rings. The van der Waals surface area contributed by atoms with Crippen molar-refractivity contribution in [2.24, 2.45) is 0 Å². The Balaban J connectivity index is 1.82. The van der Waals surface area contributed by atoms with Gasteiger partial charge in [0, 0.05) is 0 Å². The molecule has 0 fully saturated rings. The number of benzene rings is 2. The molecule has 5 nitrogen and oxygen atoms in total. The number of nitrogens with one attached hydrogen (secondary N) is 1. The monoisotopic (exact) mass is 367 g/mol. The summed E-state index contributed by atoms with van der Waals surface area (Å²) in [7, 11) is 1.56. The Hall–Kier alpha value is -2.24. The SMILES string of the molecule is COc1ccc(CC(=O)OCC(=O)Nc2cccc(Cl)c2Cl)cc1. The van der Waals surface area contributed by atoms with Gasteiger partial charge in [-0.25, -0.2) is 0 Å². The topological polar surface area (TPSA) is 64.6 Å². The number of rotatable bonds is 6. The number of carbonyl (C=O) groups excluding carboxylic acids is 2. The second kappa shape index (κ2) is 8.57. The van der Waals surface area contributed by atoms with Gasteiger partial charge in [0.15, 0.2) is 6.61 Å². The predicted octanol–water partition coefficient (Wildman–Crippen LogP) is 3.73. The zero-order valence-corrected chi connectivity index (χ0v) is 14.4. The summed E-state index contributed by atoms with van der Waals surface area (Å²) in [4.78, 5) is 23.6. The highest BCUT2D eigenvalue weighted by atomic mass is 35.5. The molecule has 2 aromatic carbocycles. The van der Waals surface area contributed by atoms with E-state index < -0.39 is 18.5 Å². The molecular formula is C17H15Cl2NO4. The Morgan fingerprint density at radius 2 is 1.79 bits per heavy atom. The van der Waals surface area contributed by atoms with Gasteiger partial charge < -0.3 is 14.8 Å². The molecule has 0 heterocycles. The quantitative estimate of drug-likeness (QED) is 0.790. The van der Waals surface area contributed by atoms with Crippen LogP contribution in [0, 0.1) is 0 Å². The van der Waals surface area contributed by atoms with Gasteiger partial charge in [0.05, 0.1) is 29.3 Å². The van der Waals surface area contributed by atoms with Gasteiger partial charge in [0.1, 0.15) is 5.75 Å². The molecule has 0 aliphatic rings. The molecule has 0 aliphatic carbocycles. The Morgan fingerprint density at radius 3 is 2.46 bits per heavy atom. The van der Waals surface area contributed by atoms with E-state index >= 15 is 0 Å². The average molecular weight is 368 g/mol. The van der Waals surface area contributed by atoms with E-state index in [1.54, 1.807) is 49.6 Å². The van der Waals surface area contributed by atoms with Gasteiger partial charge in [-0.15, -0.1) is 0 Å². The van der Waals surface area contributed by atoms with Crippen LogP contribution in [0.5, 0.6) is 5.75 Å². The van der Waals surface area contributed by atoms with E-state index in [2.05, 4.69) is 5.32 Å². The first-order chi connectivity index (χ1) is 11.5. The van der Waals surface area contributed by atoms with Crippen molar-refractivity contribution >= 4 is 40.8 Å². The molecule has 0 radical (unpaired) electrons. The maximum Gasteiger partial charge on any atom is 0.310 e. The molecule has 7 heteroatoms. The van der Waals surface area contributed by atoms with Gasteiger partial charge in [0.2, 0.25) is 0 Å². The number of halogens is 2. The molecular weight excluding hydrogens is 353 g/mol. The number of carbonyl (C=O) groups is 2. The van der Waals surface area contributed by atoms with Crippen molar-refractivity contribution in [3.05, 3.63) is 58.1 Å². The Labute approximate surface area is 149 Å². The van der Waals surface area contributed by atoms with Crippen molar-refractivity contribution in [3.63, 3.8) is 0 Å². The van der Waals surface area contributed by atoms with Crippen LogP contribution in [-0.2, 0) is 20.7 Å². The van der Waals surface area contributed by atoms with Crippen molar-refractivity contribution in [2.75, 3.05) is 19.0 Å². The number of hydrogen-bond acceptors (Lipinski definition) is 4. The molecule has 2 rings (SSSR count). The van der Waals surface area contributed by atoms with Gasteiger partial charge in [-0.1, -0.05) is 41.4 Å². The van der Waals surface area contributed by atoms with Gasteiger partial charge in [-0.05, 0) is 29.8 Å². The Bertz CT molecular complexity index is 732. The number of ether oxygens (including phenoxy) is 2. The van der Waals surface area contributed by atoms with Crippen LogP contribution >= 0.6 is 23.2 Å². The van der Waals surface area contributed by atoms with Crippen LogP contribution in [0.4, 0.5) is 5.69 Å². The molecule has 126 valence electrons. The molecule has 0 spiro atoms. The number of hydrogen-bond donors (Lipinski definition) is 1. The minimum absolute atomic E-state index is 0.0647. The summed E-state index contributed by atoms with van der Waals surface area (Å²) < 4.78 is 9.99.